The van der Waals surface area contributed by atoms with Gasteiger partial charge in [-0.15, -0.1) is 0 Å². The third-order valence-corrected chi connectivity index (χ3v) is 5.35. The molecule has 0 fully saturated rings. The summed E-state index contributed by atoms with van der Waals surface area (Å²) in [7, 11) is 0. The molecule has 1 aliphatic rings. The number of benzene rings is 2. The zero-order valence-electron chi connectivity index (χ0n) is 15.9. The fraction of sp³-hybridized carbons (Fsp3) is 0.261. The first-order valence-electron chi connectivity index (χ1n) is 9.60. The summed E-state index contributed by atoms with van der Waals surface area (Å²) in [5.74, 6) is -0.304. The van der Waals surface area contributed by atoms with Crippen LogP contribution in [0.1, 0.15) is 35.8 Å². The predicted octanol–water partition coefficient (Wildman–Crippen LogP) is 3.91. The van der Waals surface area contributed by atoms with E-state index in [0.29, 0.717) is 6.54 Å². The molecule has 0 saturated heterocycles. The average molecular weight is 377 g/mol. The number of hydrogen-bond donors (Lipinski definition) is 1. The first-order chi connectivity index (χ1) is 13.6. The fourth-order valence-electron chi connectivity index (χ4n) is 3.93. The smallest absolute Gasteiger partial charge is 0.234 e. The lowest BCUT2D eigenvalue weighted by Crippen LogP contribution is -2.44. The minimum atomic E-state index is -0.274. The standard InChI is InChI=1S/C23H24FN3O/c1-17(18-9-11-20(24)12-10-18)25-22(28)16-27-15-14-26-13-5-8-21(26)23(27)19-6-3-2-4-7-19/h2-13,17,23H,14-16H2,1H3,(H,25,28)/t17-,23+/m0/s1. The van der Waals surface area contributed by atoms with Gasteiger partial charge in [-0.1, -0.05) is 42.5 Å². The first kappa shape index (κ1) is 18.4. The number of fused-ring (bicyclic) bond motifs is 1. The number of rotatable bonds is 5. The predicted molar refractivity (Wildman–Crippen MR) is 107 cm³/mol. The van der Waals surface area contributed by atoms with Gasteiger partial charge in [0, 0.05) is 25.0 Å². The average Bonchev–Trinajstić information content (AvgIpc) is 3.17. The van der Waals surface area contributed by atoms with Gasteiger partial charge in [0.05, 0.1) is 18.6 Å². The summed E-state index contributed by atoms with van der Waals surface area (Å²) >= 11 is 0. The van der Waals surface area contributed by atoms with E-state index in [1.807, 2.05) is 25.1 Å². The molecule has 1 aromatic heterocycles. The number of carbonyl (C=O) groups is 1. The molecule has 2 aromatic carbocycles. The maximum atomic E-state index is 13.1. The Morgan fingerprint density at radius 1 is 1.07 bits per heavy atom. The fourth-order valence-corrected chi connectivity index (χ4v) is 3.93. The lowest BCUT2D eigenvalue weighted by molar-refractivity contribution is -0.123. The zero-order chi connectivity index (χ0) is 19.5. The number of aromatic nitrogens is 1. The van der Waals surface area contributed by atoms with E-state index >= 15 is 0 Å². The normalized spacial score (nSPS) is 17.7. The third kappa shape index (κ3) is 3.85. The molecule has 5 heteroatoms. The monoisotopic (exact) mass is 377 g/mol. The highest BCUT2D eigenvalue weighted by molar-refractivity contribution is 5.78. The van der Waals surface area contributed by atoms with Gasteiger partial charge in [0.25, 0.3) is 0 Å². The van der Waals surface area contributed by atoms with E-state index in [1.54, 1.807) is 12.1 Å². The summed E-state index contributed by atoms with van der Waals surface area (Å²) in [6, 6.07) is 20.6. The highest BCUT2D eigenvalue weighted by Gasteiger charge is 2.30. The molecule has 0 saturated carbocycles. The van der Waals surface area contributed by atoms with Crippen LogP contribution < -0.4 is 5.32 Å². The molecule has 1 aliphatic heterocycles. The van der Waals surface area contributed by atoms with Crippen LogP contribution in [0.5, 0.6) is 0 Å². The summed E-state index contributed by atoms with van der Waals surface area (Å²) in [6.07, 6.45) is 2.10. The molecule has 4 rings (SSSR count). The SMILES string of the molecule is C[C@H](NC(=O)CN1CCn2cccc2[C@H]1c1ccccc1)c1ccc(F)cc1. The van der Waals surface area contributed by atoms with Crippen LogP contribution in [0.15, 0.2) is 72.9 Å². The Morgan fingerprint density at radius 2 is 1.82 bits per heavy atom. The van der Waals surface area contributed by atoms with E-state index < -0.39 is 0 Å². The van der Waals surface area contributed by atoms with Gasteiger partial charge in [-0.2, -0.15) is 0 Å². The second kappa shape index (κ2) is 7.98. The maximum absolute atomic E-state index is 13.1. The van der Waals surface area contributed by atoms with Gasteiger partial charge < -0.3 is 9.88 Å². The summed E-state index contributed by atoms with van der Waals surface area (Å²) in [5.41, 5.74) is 3.28. The lowest BCUT2D eigenvalue weighted by atomic mass is 10.00. The molecule has 1 amide bonds. The minimum Gasteiger partial charge on any atom is -0.348 e. The molecule has 0 unspecified atom stereocenters. The highest BCUT2D eigenvalue weighted by Crippen LogP contribution is 2.32. The second-order valence-corrected chi connectivity index (χ2v) is 7.25. The van der Waals surface area contributed by atoms with Crippen LogP contribution >= 0.6 is 0 Å². The van der Waals surface area contributed by atoms with Gasteiger partial charge in [0.15, 0.2) is 0 Å². The quantitative estimate of drug-likeness (QED) is 0.732. The van der Waals surface area contributed by atoms with Crippen LogP contribution in [0.25, 0.3) is 0 Å². The Labute approximate surface area is 164 Å². The van der Waals surface area contributed by atoms with Crippen molar-refractivity contribution in [2.24, 2.45) is 0 Å². The molecule has 0 aliphatic carbocycles. The van der Waals surface area contributed by atoms with Crippen LogP contribution in [0.3, 0.4) is 0 Å². The number of halogens is 1. The van der Waals surface area contributed by atoms with Crippen LogP contribution in [0, 0.1) is 5.82 Å². The van der Waals surface area contributed by atoms with Gasteiger partial charge >= 0.3 is 0 Å². The van der Waals surface area contributed by atoms with E-state index in [2.05, 4.69) is 45.2 Å². The van der Waals surface area contributed by atoms with Gasteiger partial charge in [0.1, 0.15) is 5.82 Å². The number of amides is 1. The van der Waals surface area contributed by atoms with E-state index in [1.165, 1.54) is 23.4 Å². The first-order valence-corrected chi connectivity index (χ1v) is 9.60. The van der Waals surface area contributed by atoms with E-state index in [0.717, 1.165) is 18.7 Å². The van der Waals surface area contributed by atoms with Crippen molar-refractivity contribution in [2.75, 3.05) is 13.1 Å². The number of nitrogens with one attached hydrogen (secondary N) is 1. The van der Waals surface area contributed by atoms with E-state index in [-0.39, 0.29) is 23.8 Å². The molecular weight excluding hydrogens is 353 g/mol. The molecule has 1 N–H and O–H groups in total. The Bertz CT molecular complexity index is 936. The zero-order valence-corrected chi connectivity index (χ0v) is 15.9. The number of carbonyl (C=O) groups excluding carboxylic acids is 1. The Kier molecular flexibility index (Phi) is 5.26. The summed E-state index contributed by atoms with van der Waals surface area (Å²) in [6.45, 7) is 3.91. The van der Waals surface area contributed by atoms with Crippen LogP contribution in [0.2, 0.25) is 0 Å². The van der Waals surface area contributed by atoms with E-state index in [9.17, 15) is 9.18 Å². The third-order valence-electron chi connectivity index (χ3n) is 5.35. The van der Waals surface area contributed by atoms with Crippen molar-refractivity contribution in [1.29, 1.82) is 0 Å². The van der Waals surface area contributed by atoms with Crippen LogP contribution in [0.4, 0.5) is 4.39 Å². The second-order valence-electron chi connectivity index (χ2n) is 7.25. The van der Waals surface area contributed by atoms with Gasteiger partial charge in [-0.3, -0.25) is 9.69 Å². The number of nitrogens with zero attached hydrogens (tertiary/aromatic N) is 2. The topological polar surface area (TPSA) is 37.3 Å². The Hall–Kier alpha value is -2.92. The summed E-state index contributed by atoms with van der Waals surface area (Å²) in [5, 5.41) is 3.04. The molecule has 0 bridgehead atoms. The molecule has 2 heterocycles. The van der Waals surface area contributed by atoms with Crippen molar-refractivity contribution < 1.29 is 9.18 Å². The van der Waals surface area contributed by atoms with Crippen molar-refractivity contribution in [3.05, 3.63) is 95.6 Å². The van der Waals surface area contributed by atoms with Crippen molar-refractivity contribution >= 4 is 5.91 Å². The molecule has 4 nitrogen and oxygen atoms in total. The maximum Gasteiger partial charge on any atom is 0.234 e. The summed E-state index contributed by atoms with van der Waals surface area (Å²) < 4.78 is 15.4. The minimum absolute atomic E-state index is 0.0298. The largest absolute Gasteiger partial charge is 0.348 e. The van der Waals surface area contributed by atoms with Gasteiger partial charge in [-0.05, 0) is 42.3 Å². The van der Waals surface area contributed by atoms with Gasteiger partial charge in [-0.25, -0.2) is 4.39 Å². The Morgan fingerprint density at radius 3 is 2.57 bits per heavy atom. The molecule has 144 valence electrons. The van der Waals surface area contributed by atoms with Crippen molar-refractivity contribution in [3.63, 3.8) is 0 Å². The van der Waals surface area contributed by atoms with Crippen molar-refractivity contribution in [3.8, 4) is 0 Å². The van der Waals surface area contributed by atoms with Crippen LogP contribution in [-0.2, 0) is 11.3 Å². The van der Waals surface area contributed by atoms with Crippen molar-refractivity contribution in [2.45, 2.75) is 25.6 Å². The Balaban J connectivity index is 1.49. The summed E-state index contributed by atoms with van der Waals surface area (Å²) in [4.78, 5) is 15.0. The lowest BCUT2D eigenvalue weighted by Gasteiger charge is -2.37. The number of hydrogen-bond acceptors (Lipinski definition) is 2. The van der Waals surface area contributed by atoms with E-state index in [4.69, 9.17) is 0 Å². The molecule has 0 spiro atoms. The molecule has 2 atom stereocenters. The van der Waals surface area contributed by atoms with Gasteiger partial charge in [0.2, 0.25) is 5.91 Å². The molecule has 0 radical (unpaired) electrons. The van der Waals surface area contributed by atoms with Crippen molar-refractivity contribution in [1.82, 2.24) is 14.8 Å². The van der Waals surface area contributed by atoms with Crippen LogP contribution in [-0.4, -0.2) is 28.5 Å². The molecule has 28 heavy (non-hydrogen) atoms. The molecular formula is C23H24FN3O. The molecule has 3 aromatic rings. The highest BCUT2D eigenvalue weighted by atomic mass is 19.1.